The van der Waals surface area contributed by atoms with E-state index in [1.54, 1.807) is 4.68 Å². The van der Waals surface area contributed by atoms with E-state index in [2.05, 4.69) is 16.6 Å². The second kappa shape index (κ2) is 4.62. The van der Waals surface area contributed by atoms with Gasteiger partial charge in [-0.2, -0.15) is 5.10 Å². The average molecular weight is 244 g/mol. The van der Waals surface area contributed by atoms with Crippen molar-refractivity contribution in [2.24, 2.45) is 5.84 Å². The molecule has 5 heteroatoms. The van der Waals surface area contributed by atoms with E-state index in [4.69, 9.17) is 5.84 Å². The Labute approximate surface area is 106 Å². The number of nitrogens with zero attached hydrogens (tertiary/aromatic N) is 2. The molecule has 1 amide bonds. The van der Waals surface area contributed by atoms with Crippen LogP contribution in [0.4, 0.5) is 0 Å². The van der Waals surface area contributed by atoms with Gasteiger partial charge in [0.1, 0.15) is 0 Å². The molecule has 0 saturated carbocycles. The van der Waals surface area contributed by atoms with Gasteiger partial charge in [-0.15, -0.1) is 0 Å². The maximum atomic E-state index is 11.5. The van der Waals surface area contributed by atoms with Gasteiger partial charge in [-0.25, -0.2) is 10.5 Å². The van der Waals surface area contributed by atoms with Crippen molar-refractivity contribution in [3.63, 3.8) is 0 Å². The molecule has 0 saturated heterocycles. The minimum absolute atomic E-state index is 0.330. The highest BCUT2D eigenvalue weighted by atomic mass is 16.2. The smallest absolute Gasteiger partial charge is 0.268 e. The highest BCUT2D eigenvalue weighted by molar-refractivity contribution is 5.94. The van der Waals surface area contributed by atoms with E-state index >= 15 is 0 Å². The van der Waals surface area contributed by atoms with E-state index in [9.17, 15) is 4.79 Å². The molecule has 1 aromatic heterocycles. The third-order valence-corrected chi connectivity index (χ3v) is 2.84. The molecule has 0 aliphatic carbocycles. The second-order valence-corrected chi connectivity index (χ2v) is 4.37. The van der Waals surface area contributed by atoms with E-state index in [1.807, 2.05) is 32.9 Å². The Morgan fingerprint density at radius 1 is 1.22 bits per heavy atom. The number of hydrogen-bond donors (Lipinski definition) is 2. The lowest BCUT2D eigenvalue weighted by Gasteiger charge is -2.07. The molecular formula is C13H16N4O. The third kappa shape index (κ3) is 2.12. The lowest BCUT2D eigenvalue weighted by molar-refractivity contribution is 0.0953. The SMILES string of the molecule is Cc1cc(C)cc(-n2ncc(C(=O)NN)c2C)c1. The molecule has 0 aliphatic rings. The second-order valence-electron chi connectivity index (χ2n) is 4.37. The van der Waals surface area contributed by atoms with Crippen molar-refractivity contribution >= 4 is 5.91 Å². The van der Waals surface area contributed by atoms with Crippen LogP contribution in [0.25, 0.3) is 5.69 Å². The van der Waals surface area contributed by atoms with Crippen molar-refractivity contribution in [1.29, 1.82) is 0 Å². The first-order valence-corrected chi connectivity index (χ1v) is 5.67. The maximum Gasteiger partial charge on any atom is 0.268 e. The standard InChI is InChI=1S/C13H16N4O/c1-8-4-9(2)6-11(5-8)17-10(3)12(7-15-17)13(18)16-14/h4-7H,14H2,1-3H3,(H,16,18). The Balaban J connectivity index is 2.52. The average Bonchev–Trinajstić information content (AvgIpc) is 2.69. The zero-order chi connectivity index (χ0) is 13.3. The predicted molar refractivity (Wildman–Crippen MR) is 69.4 cm³/mol. The lowest BCUT2D eigenvalue weighted by Crippen LogP contribution is -2.30. The molecule has 0 unspecified atom stereocenters. The Morgan fingerprint density at radius 2 is 1.83 bits per heavy atom. The van der Waals surface area contributed by atoms with E-state index in [1.165, 1.54) is 6.20 Å². The van der Waals surface area contributed by atoms with Crippen LogP contribution in [0.3, 0.4) is 0 Å². The summed E-state index contributed by atoms with van der Waals surface area (Å²) in [6.07, 6.45) is 1.52. The van der Waals surface area contributed by atoms with Crippen LogP contribution in [-0.4, -0.2) is 15.7 Å². The maximum absolute atomic E-state index is 11.5. The molecule has 1 heterocycles. The van der Waals surface area contributed by atoms with E-state index in [-0.39, 0.29) is 5.91 Å². The van der Waals surface area contributed by atoms with Crippen molar-refractivity contribution in [3.8, 4) is 5.69 Å². The van der Waals surface area contributed by atoms with Gasteiger partial charge in [0.05, 0.1) is 23.1 Å². The molecular weight excluding hydrogens is 228 g/mol. The number of nitrogens with one attached hydrogen (secondary N) is 1. The van der Waals surface area contributed by atoms with Crippen LogP contribution in [0.2, 0.25) is 0 Å². The number of aryl methyl sites for hydroxylation is 2. The van der Waals surface area contributed by atoms with Gasteiger partial charge in [-0.3, -0.25) is 10.2 Å². The molecule has 2 rings (SSSR count). The van der Waals surface area contributed by atoms with E-state index in [0.717, 1.165) is 22.5 Å². The zero-order valence-electron chi connectivity index (χ0n) is 10.7. The van der Waals surface area contributed by atoms with Gasteiger partial charge < -0.3 is 0 Å². The number of hydrazine groups is 1. The van der Waals surface area contributed by atoms with Crippen LogP contribution in [0.15, 0.2) is 24.4 Å². The fourth-order valence-electron chi connectivity index (χ4n) is 2.04. The van der Waals surface area contributed by atoms with Crippen molar-refractivity contribution in [3.05, 3.63) is 46.8 Å². The number of benzene rings is 1. The number of aromatic nitrogens is 2. The molecule has 0 aliphatic heterocycles. The predicted octanol–water partition coefficient (Wildman–Crippen LogP) is 1.40. The van der Waals surface area contributed by atoms with Gasteiger partial charge >= 0.3 is 0 Å². The summed E-state index contributed by atoms with van der Waals surface area (Å²) in [7, 11) is 0. The molecule has 3 N–H and O–H groups in total. The first kappa shape index (κ1) is 12.3. The Morgan fingerprint density at radius 3 is 2.39 bits per heavy atom. The van der Waals surface area contributed by atoms with Gasteiger partial charge in [-0.05, 0) is 44.0 Å². The number of nitrogen functional groups attached to an aromatic ring is 1. The normalized spacial score (nSPS) is 10.4. The third-order valence-electron chi connectivity index (χ3n) is 2.84. The molecule has 0 fully saturated rings. The minimum atomic E-state index is -0.330. The summed E-state index contributed by atoms with van der Waals surface area (Å²) >= 11 is 0. The molecule has 5 nitrogen and oxygen atoms in total. The largest absolute Gasteiger partial charge is 0.290 e. The fourth-order valence-corrected chi connectivity index (χ4v) is 2.04. The number of rotatable bonds is 2. The van der Waals surface area contributed by atoms with Crippen molar-refractivity contribution < 1.29 is 4.79 Å². The first-order valence-electron chi connectivity index (χ1n) is 5.67. The summed E-state index contributed by atoms with van der Waals surface area (Å²) in [6, 6.07) is 6.14. The summed E-state index contributed by atoms with van der Waals surface area (Å²) in [5.74, 6) is 4.80. The van der Waals surface area contributed by atoms with Crippen LogP contribution >= 0.6 is 0 Å². The molecule has 94 valence electrons. The molecule has 0 atom stereocenters. The number of carbonyl (C=O) groups is 1. The van der Waals surface area contributed by atoms with Crippen LogP contribution in [0.5, 0.6) is 0 Å². The van der Waals surface area contributed by atoms with E-state index < -0.39 is 0 Å². The summed E-state index contributed by atoms with van der Waals surface area (Å²) in [6.45, 7) is 5.90. The van der Waals surface area contributed by atoms with Crippen molar-refractivity contribution in [2.75, 3.05) is 0 Å². The van der Waals surface area contributed by atoms with Gasteiger partial charge in [0.15, 0.2) is 0 Å². The molecule has 0 radical (unpaired) electrons. The summed E-state index contributed by atoms with van der Waals surface area (Å²) in [4.78, 5) is 11.5. The van der Waals surface area contributed by atoms with Crippen LogP contribution in [0.1, 0.15) is 27.2 Å². The monoisotopic (exact) mass is 244 g/mol. The topological polar surface area (TPSA) is 72.9 Å². The van der Waals surface area contributed by atoms with Crippen molar-refractivity contribution in [2.45, 2.75) is 20.8 Å². The van der Waals surface area contributed by atoms with Crippen LogP contribution in [-0.2, 0) is 0 Å². The lowest BCUT2D eigenvalue weighted by atomic mass is 10.1. The number of nitrogens with two attached hydrogens (primary N) is 1. The van der Waals surface area contributed by atoms with Gasteiger partial charge in [0.25, 0.3) is 5.91 Å². The molecule has 18 heavy (non-hydrogen) atoms. The van der Waals surface area contributed by atoms with Gasteiger partial charge in [0, 0.05) is 0 Å². The summed E-state index contributed by atoms with van der Waals surface area (Å²) in [5.41, 5.74) is 6.63. The van der Waals surface area contributed by atoms with Crippen LogP contribution in [0, 0.1) is 20.8 Å². The van der Waals surface area contributed by atoms with Crippen LogP contribution < -0.4 is 11.3 Å². The first-order chi connectivity index (χ1) is 8.52. The minimum Gasteiger partial charge on any atom is -0.290 e. The highest BCUT2D eigenvalue weighted by Crippen LogP contribution is 2.17. The van der Waals surface area contributed by atoms with Crippen molar-refractivity contribution in [1.82, 2.24) is 15.2 Å². The van der Waals surface area contributed by atoms with Gasteiger partial charge in [0.2, 0.25) is 0 Å². The highest BCUT2D eigenvalue weighted by Gasteiger charge is 2.14. The molecule has 0 spiro atoms. The summed E-state index contributed by atoms with van der Waals surface area (Å²) < 4.78 is 1.74. The number of hydrogen-bond acceptors (Lipinski definition) is 3. The number of carbonyl (C=O) groups excluding carboxylic acids is 1. The Hall–Kier alpha value is -2.14. The van der Waals surface area contributed by atoms with Gasteiger partial charge in [-0.1, -0.05) is 6.07 Å². The fraction of sp³-hybridized carbons (Fsp3) is 0.231. The molecule has 0 bridgehead atoms. The van der Waals surface area contributed by atoms with E-state index in [0.29, 0.717) is 5.56 Å². The number of amides is 1. The Kier molecular flexibility index (Phi) is 3.16. The summed E-state index contributed by atoms with van der Waals surface area (Å²) in [5, 5.41) is 4.24. The quantitative estimate of drug-likeness (QED) is 0.476. The zero-order valence-corrected chi connectivity index (χ0v) is 10.7. The molecule has 1 aromatic carbocycles. The Bertz CT molecular complexity index is 581. The molecule has 2 aromatic rings.